The summed E-state index contributed by atoms with van der Waals surface area (Å²) in [6.45, 7) is -0.256. The minimum Gasteiger partial charge on any atom is -0.395 e. The molecular weight excluding hydrogens is 247 g/mol. The molecule has 0 aliphatic heterocycles. The van der Waals surface area contributed by atoms with Crippen LogP contribution < -0.4 is 5.73 Å². The number of benzene rings is 1. The number of aliphatic hydroxyl groups is 1. The van der Waals surface area contributed by atoms with E-state index in [9.17, 15) is 8.78 Å². The predicted molar refractivity (Wildman–Crippen MR) is 57.4 cm³/mol. The smallest absolute Gasteiger partial charge is 0.148 e. The molecule has 1 rings (SSSR count). The molecule has 0 saturated carbocycles. The van der Waals surface area contributed by atoms with Crippen molar-refractivity contribution in [1.82, 2.24) is 0 Å². The van der Waals surface area contributed by atoms with Gasteiger partial charge in [-0.3, -0.25) is 0 Å². The Bertz CT molecular complexity index is 336. The summed E-state index contributed by atoms with van der Waals surface area (Å²) in [5.74, 6) is -1.61. The summed E-state index contributed by atoms with van der Waals surface area (Å²) in [6.07, 6.45) is 0.127. The highest BCUT2D eigenvalue weighted by Crippen LogP contribution is 2.22. The monoisotopic (exact) mass is 257 g/mol. The van der Waals surface area contributed by atoms with Crippen molar-refractivity contribution in [3.05, 3.63) is 34.4 Å². The van der Waals surface area contributed by atoms with E-state index >= 15 is 0 Å². The molecule has 1 unspecified atom stereocenters. The van der Waals surface area contributed by atoms with Crippen LogP contribution in [0.15, 0.2) is 12.1 Å². The van der Waals surface area contributed by atoms with E-state index in [2.05, 4.69) is 0 Å². The Morgan fingerprint density at radius 1 is 1.40 bits per heavy atom. The predicted octanol–water partition coefficient (Wildman–Crippen LogP) is 1.90. The molecule has 0 aliphatic rings. The summed E-state index contributed by atoms with van der Waals surface area (Å²) < 4.78 is 26.0. The molecule has 0 amide bonds. The van der Waals surface area contributed by atoms with Crippen LogP contribution >= 0.6 is 24.0 Å². The molecule has 0 aromatic heterocycles. The quantitative estimate of drug-likeness (QED) is 0.813. The van der Waals surface area contributed by atoms with Gasteiger partial charge in [0, 0.05) is 6.04 Å². The maximum Gasteiger partial charge on any atom is 0.148 e. The van der Waals surface area contributed by atoms with Crippen LogP contribution in [0.2, 0.25) is 5.02 Å². The number of hydrogen-bond donors (Lipinski definition) is 2. The number of halogens is 4. The van der Waals surface area contributed by atoms with E-state index < -0.39 is 22.7 Å². The fraction of sp³-hybridized carbons (Fsp3) is 0.333. The Morgan fingerprint density at radius 2 is 2.00 bits per heavy atom. The van der Waals surface area contributed by atoms with Crippen molar-refractivity contribution in [1.29, 1.82) is 0 Å². The lowest BCUT2D eigenvalue weighted by atomic mass is 10.1. The Hall–Kier alpha value is -0.420. The van der Waals surface area contributed by atoms with Crippen LogP contribution in [0.3, 0.4) is 0 Å². The molecule has 86 valence electrons. The van der Waals surface area contributed by atoms with Crippen LogP contribution in [0.5, 0.6) is 0 Å². The van der Waals surface area contributed by atoms with Crippen LogP contribution in [-0.4, -0.2) is 17.8 Å². The SMILES string of the molecule is Cl.NC(CO)Cc1ccc(F)c(Cl)c1F. The Labute approximate surface area is 97.4 Å². The first-order valence-electron chi connectivity index (χ1n) is 4.05. The van der Waals surface area contributed by atoms with Crippen molar-refractivity contribution in [3.63, 3.8) is 0 Å². The second kappa shape index (κ2) is 6.23. The molecular formula is C9H11Cl2F2NO. The lowest BCUT2D eigenvalue weighted by Gasteiger charge is -2.09. The van der Waals surface area contributed by atoms with Gasteiger partial charge in [0.25, 0.3) is 0 Å². The molecule has 0 aliphatic carbocycles. The molecule has 0 radical (unpaired) electrons. The second-order valence-electron chi connectivity index (χ2n) is 2.98. The molecule has 3 N–H and O–H groups in total. The first-order chi connectivity index (χ1) is 6.56. The van der Waals surface area contributed by atoms with E-state index in [0.29, 0.717) is 0 Å². The molecule has 1 aromatic rings. The average molecular weight is 258 g/mol. The molecule has 1 aromatic carbocycles. The van der Waals surface area contributed by atoms with E-state index in [1.165, 1.54) is 6.07 Å². The summed E-state index contributed by atoms with van der Waals surface area (Å²) in [5, 5.41) is 8.12. The third-order valence-corrected chi connectivity index (χ3v) is 2.18. The van der Waals surface area contributed by atoms with Gasteiger partial charge in [-0.15, -0.1) is 12.4 Å². The Morgan fingerprint density at radius 3 is 2.53 bits per heavy atom. The number of aliphatic hydroxyl groups excluding tert-OH is 1. The molecule has 0 saturated heterocycles. The average Bonchev–Trinajstić information content (AvgIpc) is 2.19. The van der Waals surface area contributed by atoms with Crippen molar-refractivity contribution in [2.24, 2.45) is 5.73 Å². The summed E-state index contributed by atoms with van der Waals surface area (Å²) in [6, 6.07) is 1.78. The highest BCUT2D eigenvalue weighted by molar-refractivity contribution is 6.30. The second-order valence-corrected chi connectivity index (χ2v) is 3.36. The molecule has 0 spiro atoms. The zero-order valence-electron chi connectivity index (χ0n) is 7.71. The van der Waals surface area contributed by atoms with E-state index in [1.807, 2.05) is 0 Å². The van der Waals surface area contributed by atoms with Crippen molar-refractivity contribution in [3.8, 4) is 0 Å². The summed E-state index contributed by atoms with van der Waals surface area (Å²) in [7, 11) is 0. The summed E-state index contributed by atoms with van der Waals surface area (Å²) in [4.78, 5) is 0. The lowest BCUT2D eigenvalue weighted by molar-refractivity contribution is 0.264. The fourth-order valence-electron chi connectivity index (χ4n) is 1.07. The molecule has 0 bridgehead atoms. The van der Waals surface area contributed by atoms with Crippen LogP contribution in [0.4, 0.5) is 8.78 Å². The van der Waals surface area contributed by atoms with E-state index in [1.54, 1.807) is 0 Å². The van der Waals surface area contributed by atoms with Gasteiger partial charge in [0.15, 0.2) is 0 Å². The Kier molecular flexibility index (Phi) is 6.05. The molecule has 1 atom stereocenters. The first-order valence-corrected chi connectivity index (χ1v) is 4.43. The number of rotatable bonds is 3. The van der Waals surface area contributed by atoms with Crippen molar-refractivity contribution >= 4 is 24.0 Å². The molecule has 0 heterocycles. The third-order valence-electron chi connectivity index (χ3n) is 1.83. The highest BCUT2D eigenvalue weighted by atomic mass is 35.5. The lowest BCUT2D eigenvalue weighted by Crippen LogP contribution is -2.27. The van der Waals surface area contributed by atoms with Gasteiger partial charge < -0.3 is 10.8 Å². The van der Waals surface area contributed by atoms with Gasteiger partial charge in [0.05, 0.1) is 6.61 Å². The summed E-state index contributed by atoms with van der Waals surface area (Å²) >= 11 is 5.36. The standard InChI is InChI=1S/C9H10ClF2NO.ClH/c10-8-7(11)2-1-5(9(8)12)3-6(13)4-14;/h1-2,6,14H,3-4,13H2;1H. The van der Waals surface area contributed by atoms with Gasteiger partial charge in [0.2, 0.25) is 0 Å². The van der Waals surface area contributed by atoms with Crippen LogP contribution in [0.25, 0.3) is 0 Å². The zero-order valence-corrected chi connectivity index (χ0v) is 9.29. The van der Waals surface area contributed by atoms with Crippen molar-refractivity contribution < 1.29 is 13.9 Å². The van der Waals surface area contributed by atoms with Gasteiger partial charge >= 0.3 is 0 Å². The highest BCUT2D eigenvalue weighted by Gasteiger charge is 2.13. The van der Waals surface area contributed by atoms with Crippen LogP contribution in [0.1, 0.15) is 5.56 Å². The molecule has 0 fully saturated rings. The molecule has 6 heteroatoms. The normalized spacial score (nSPS) is 12.1. The molecule has 2 nitrogen and oxygen atoms in total. The van der Waals surface area contributed by atoms with E-state index in [0.717, 1.165) is 6.07 Å². The Balaban J connectivity index is 0.00000196. The van der Waals surface area contributed by atoms with Crippen molar-refractivity contribution in [2.75, 3.05) is 6.61 Å². The largest absolute Gasteiger partial charge is 0.395 e. The van der Waals surface area contributed by atoms with Gasteiger partial charge in [-0.05, 0) is 18.1 Å². The number of nitrogens with two attached hydrogens (primary N) is 1. The zero-order chi connectivity index (χ0) is 10.7. The van der Waals surface area contributed by atoms with Crippen LogP contribution in [0, 0.1) is 11.6 Å². The van der Waals surface area contributed by atoms with Gasteiger partial charge in [-0.25, -0.2) is 8.78 Å². The van der Waals surface area contributed by atoms with E-state index in [-0.39, 0.29) is 31.0 Å². The minimum atomic E-state index is -0.810. The first kappa shape index (κ1) is 14.6. The van der Waals surface area contributed by atoms with Gasteiger partial charge in [-0.1, -0.05) is 17.7 Å². The summed E-state index contributed by atoms with van der Waals surface area (Å²) in [5.41, 5.74) is 5.61. The number of hydrogen-bond acceptors (Lipinski definition) is 2. The van der Waals surface area contributed by atoms with Gasteiger partial charge in [-0.2, -0.15) is 0 Å². The van der Waals surface area contributed by atoms with Crippen LogP contribution in [-0.2, 0) is 6.42 Å². The minimum absolute atomic E-state index is 0. The molecule has 15 heavy (non-hydrogen) atoms. The maximum atomic E-state index is 13.3. The van der Waals surface area contributed by atoms with E-state index in [4.69, 9.17) is 22.4 Å². The van der Waals surface area contributed by atoms with Gasteiger partial charge in [0.1, 0.15) is 16.7 Å². The topological polar surface area (TPSA) is 46.2 Å². The maximum absolute atomic E-state index is 13.3. The fourth-order valence-corrected chi connectivity index (χ4v) is 1.25. The van der Waals surface area contributed by atoms with Crippen molar-refractivity contribution in [2.45, 2.75) is 12.5 Å². The third kappa shape index (κ3) is 3.57.